The molecule has 0 spiro atoms. The average molecular weight is 526 g/mol. The van der Waals surface area contributed by atoms with Gasteiger partial charge in [-0.15, -0.1) is 11.3 Å². The van der Waals surface area contributed by atoms with E-state index in [1.165, 1.54) is 17.6 Å². The molecule has 3 aromatic rings. The fourth-order valence-corrected chi connectivity index (χ4v) is 4.79. The molecular formula is C21H22F3N7O4S. The molecule has 1 fully saturated rings. The Hall–Kier alpha value is -3.75. The van der Waals surface area contributed by atoms with E-state index >= 15 is 0 Å². The number of ether oxygens (including phenoxy) is 1. The lowest BCUT2D eigenvalue weighted by molar-refractivity contribution is -0.136. The minimum absolute atomic E-state index is 0.0163. The number of rotatable bonds is 8. The highest BCUT2D eigenvalue weighted by Crippen LogP contribution is 2.34. The first kappa shape index (κ1) is 25.3. The smallest absolute Gasteiger partial charge is 0.449 e. The fraction of sp³-hybridized carbons (Fsp3) is 0.429. The quantitative estimate of drug-likeness (QED) is 0.296. The molecule has 1 aliphatic rings. The number of hydrogen-bond acceptors (Lipinski definition) is 10. The Morgan fingerprint density at radius 2 is 2.08 bits per heavy atom. The number of aliphatic carboxylic acids is 1. The maximum atomic E-state index is 13.0. The molecule has 0 aromatic carbocycles. The second-order valence-corrected chi connectivity index (χ2v) is 9.08. The highest BCUT2D eigenvalue weighted by Gasteiger charge is 2.41. The third-order valence-corrected chi connectivity index (χ3v) is 6.34. The number of anilines is 1. The first-order chi connectivity index (χ1) is 17.0. The van der Waals surface area contributed by atoms with Gasteiger partial charge in [-0.1, -0.05) is 13.3 Å². The normalized spacial score (nSPS) is 14.5. The lowest BCUT2D eigenvalue weighted by Crippen LogP contribution is -2.55. The molecule has 15 heteroatoms. The minimum atomic E-state index is -4.84. The van der Waals surface area contributed by atoms with Gasteiger partial charge in [-0.05, 0) is 12.5 Å². The largest absolute Gasteiger partial charge is 0.481 e. The van der Waals surface area contributed by atoms with Gasteiger partial charge >= 0.3 is 18.2 Å². The maximum absolute atomic E-state index is 13.0. The number of oxazole rings is 1. The molecule has 3 aromatic heterocycles. The van der Waals surface area contributed by atoms with Gasteiger partial charge in [0, 0.05) is 18.0 Å². The molecule has 192 valence electrons. The van der Waals surface area contributed by atoms with Crippen LogP contribution in [0, 0.1) is 10.8 Å². The summed E-state index contributed by atoms with van der Waals surface area (Å²) in [7, 11) is 0. The molecule has 36 heavy (non-hydrogen) atoms. The Labute approximate surface area is 206 Å². The Morgan fingerprint density at radius 3 is 2.75 bits per heavy atom. The zero-order valence-corrected chi connectivity index (χ0v) is 19.9. The van der Waals surface area contributed by atoms with Gasteiger partial charge in [0.05, 0.1) is 24.0 Å². The molecule has 0 atom stereocenters. The van der Waals surface area contributed by atoms with Crippen LogP contribution in [-0.2, 0) is 24.2 Å². The van der Waals surface area contributed by atoms with Gasteiger partial charge in [-0.25, -0.2) is 4.98 Å². The van der Waals surface area contributed by atoms with Crippen LogP contribution in [0.3, 0.4) is 0 Å². The zero-order valence-electron chi connectivity index (χ0n) is 19.1. The van der Waals surface area contributed by atoms with Crippen molar-refractivity contribution in [2.24, 2.45) is 0 Å². The van der Waals surface area contributed by atoms with Crippen molar-refractivity contribution in [1.29, 1.82) is 10.8 Å². The highest BCUT2D eigenvalue weighted by atomic mass is 32.1. The molecule has 1 saturated heterocycles. The number of thiophene rings is 1. The van der Waals surface area contributed by atoms with E-state index in [0.29, 0.717) is 20.9 Å². The number of amidine groups is 2. The van der Waals surface area contributed by atoms with Crippen molar-refractivity contribution < 1.29 is 32.2 Å². The van der Waals surface area contributed by atoms with E-state index in [0.717, 1.165) is 17.7 Å². The summed E-state index contributed by atoms with van der Waals surface area (Å²) in [4.78, 5) is 27.8. The van der Waals surface area contributed by atoms with Gasteiger partial charge in [0.1, 0.15) is 22.7 Å². The predicted octanol–water partition coefficient (Wildman–Crippen LogP) is 3.48. The SMILES string of the molecule is CCCc1cc2c(N3CCN(C(=N)C(F)(F)F)C(=N)C3)nc(OCc3nc(CC(=O)O)co3)nc2s1. The van der Waals surface area contributed by atoms with Crippen LogP contribution in [-0.4, -0.2) is 68.4 Å². The molecule has 4 rings (SSSR count). The van der Waals surface area contributed by atoms with Gasteiger partial charge in [-0.2, -0.15) is 23.1 Å². The van der Waals surface area contributed by atoms with Crippen molar-refractivity contribution in [3.63, 3.8) is 0 Å². The van der Waals surface area contributed by atoms with Crippen LogP contribution in [0.15, 0.2) is 16.7 Å². The summed E-state index contributed by atoms with van der Waals surface area (Å²) < 4.78 is 49.9. The van der Waals surface area contributed by atoms with Crippen molar-refractivity contribution in [1.82, 2.24) is 19.9 Å². The number of piperazine rings is 1. The number of fused-ring (bicyclic) bond motifs is 1. The predicted molar refractivity (Wildman–Crippen MR) is 124 cm³/mol. The highest BCUT2D eigenvalue weighted by molar-refractivity contribution is 7.18. The number of carbonyl (C=O) groups is 1. The van der Waals surface area contributed by atoms with E-state index < -0.39 is 18.0 Å². The zero-order chi connectivity index (χ0) is 26.0. The van der Waals surface area contributed by atoms with Crippen LogP contribution in [0.5, 0.6) is 6.01 Å². The summed E-state index contributed by atoms with van der Waals surface area (Å²) in [6.07, 6.45) is -2.20. The first-order valence-electron chi connectivity index (χ1n) is 10.9. The summed E-state index contributed by atoms with van der Waals surface area (Å²) in [5.74, 6) is -2.44. The van der Waals surface area contributed by atoms with Crippen molar-refractivity contribution in [3.8, 4) is 6.01 Å². The molecular weight excluding hydrogens is 503 g/mol. The summed E-state index contributed by atoms with van der Waals surface area (Å²) >= 11 is 1.45. The van der Waals surface area contributed by atoms with E-state index in [-0.39, 0.29) is 56.1 Å². The minimum Gasteiger partial charge on any atom is -0.481 e. The Bertz CT molecular complexity index is 1310. The molecule has 0 saturated carbocycles. The van der Waals surface area contributed by atoms with Crippen LogP contribution >= 0.6 is 11.3 Å². The van der Waals surface area contributed by atoms with Crippen LogP contribution in [0.4, 0.5) is 19.0 Å². The number of aromatic nitrogens is 3. The van der Waals surface area contributed by atoms with E-state index in [4.69, 9.17) is 25.1 Å². The molecule has 3 N–H and O–H groups in total. The molecule has 11 nitrogen and oxygen atoms in total. The number of carboxylic acid groups (broad SMARTS) is 1. The fourth-order valence-electron chi connectivity index (χ4n) is 3.67. The molecule has 0 bridgehead atoms. The van der Waals surface area contributed by atoms with Crippen molar-refractivity contribution in [3.05, 3.63) is 28.8 Å². The van der Waals surface area contributed by atoms with Crippen LogP contribution in [0.25, 0.3) is 10.2 Å². The van der Waals surface area contributed by atoms with Crippen molar-refractivity contribution in [2.75, 3.05) is 24.5 Å². The first-order valence-corrected chi connectivity index (χ1v) is 11.7. The number of nitrogens with one attached hydrogen (secondary N) is 2. The number of carboxylic acids is 1. The Balaban J connectivity index is 1.58. The third-order valence-electron chi connectivity index (χ3n) is 5.25. The summed E-state index contributed by atoms with van der Waals surface area (Å²) in [6, 6.07) is 1.92. The Kier molecular flexibility index (Phi) is 7.10. The number of nitrogens with zero attached hydrogens (tertiary/aromatic N) is 5. The topological polar surface area (TPSA) is 153 Å². The molecule has 0 amide bonds. The van der Waals surface area contributed by atoms with Crippen molar-refractivity contribution in [2.45, 2.75) is 39.0 Å². The lowest BCUT2D eigenvalue weighted by Gasteiger charge is -2.37. The number of halogens is 3. The van der Waals surface area contributed by atoms with Gasteiger partial charge in [0.2, 0.25) is 11.7 Å². The third kappa shape index (κ3) is 5.56. The maximum Gasteiger partial charge on any atom is 0.449 e. The van der Waals surface area contributed by atoms with Gasteiger partial charge in [0.15, 0.2) is 6.61 Å². The second kappa shape index (κ2) is 10.1. The van der Waals surface area contributed by atoms with Crippen molar-refractivity contribution >= 4 is 45.0 Å². The van der Waals surface area contributed by atoms with Crippen LogP contribution < -0.4 is 9.64 Å². The van der Waals surface area contributed by atoms with Crippen LogP contribution in [0.1, 0.15) is 29.8 Å². The van der Waals surface area contributed by atoms with Gasteiger partial charge in [0.25, 0.3) is 0 Å². The monoisotopic (exact) mass is 525 g/mol. The van der Waals surface area contributed by atoms with Crippen LogP contribution in [0.2, 0.25) is 0 Å². The molecule has 0 aliphatic carbocycles. The summed E-state index contributed by atoms with van der Waals surface area (Å²) in [6.45, 7) is 1.60. The number of aryl methyl sites for hydroxylation is 1. The average Bonchev–Trinajstić information content (AvgIpc) is 3.42. The molecule has 1 aliphatic heterocycles. The lowest BCUT2D eigenvalue weighted by atomic mass is 10.2. The number of alkyl halides is 3. The second-order valence-electron chi connectivity index (χ2n) is 7.97. The molecule has 0 unspecified atom stereocenters. The molecule has 0 radical (unpaired) electrons. The standard InChI is InChI=1S/C21H22F3N7O4S/c1-2-3-12-7-13-17(30-4-5-31(14(25)8-30)19(26)21(22,23)24)28-20(29-18(13)36-12)35-10-15-27-11(9-34-15)6-16(32)33/h7,9,25-26H,2-6,8,10H2,1H3,(H,32,33). The van der Waals surface area contributed by atoms with Gasteiger partial charge < -0.3 is 24.1 Å². The van der Waals surface area contributed by atoms with E-state index in [2.05, 4.69) is 15.0 Å². The van der Waals surface area contributed by atoms with Gasteiger partial charge in [-0.3, -0.25) is 15.6 Å². The Morgan fingerprint density at radius 1 is 1.31 bits per heavy atom. The van der Waals surface area contributed by atoms with E-state index in [9.17, 15) is 18.0 Å². The summed E-state index contributed by atoms with van der Waals surface area (Å²) in [5, 5.41) is 25.1. The van der Waals surface area contributed by atoms with E-state index in [1.54, 1.807) is 4.90 Å². The summed E-state index contributed by atoms with van der Waals surface area (Å²) in [5.41, 5.74) is 0.237. The number of hydrogen-bond donors (Lipinski definition) is 3. The van der Waals surface area contributed by atoms with E-state index in [1.807, 2.05) is 13.0 Å². The molecule has 4 heterocycles.